The first-order chi connectivity index (χ1) is 8.05. The van der Waals surface area contributed by atoms with Gasteiger partial charge in [-0.3, -0.25) is 0 Å². The summed E-state index contributed by atoms with van der Waals surface area (Å²) in [6, 6.07) is 4.12. The zero-order valence-electron chi connectivity index (χ0n) is 10.4. The van der Waals surface area contributed by atoms with Crippen LogP contribution in [0.4, 0.5) is 8.78 Å². The summed E-state index contributed by atoms with van der Waals surface area (Å²) >= 11 is 0. The van der Waals surface area contributed by atoms with Crippen molar-refractivity contribution in [2.24, 2.45) is 5.92 Å². The lowest BCUT2D eigenvalue weighted by atomic mass is 9.80. The topological polar surface area (TPSA) is 12.0 Å². The number of nitrogens with one attached hydrogen (secondary N) is 1. The lowest BCUT2D eigenvalue weighted by Crippen LogP contribution is -2.39. The van der Waals surface area contributed by atoms with E-state index in [-0.39, 0.29) is 5.56 Å². The lowest BCUT2D eigenvalue weighted by molar-refractivity contribution is 0.289. The third-order valence-corrected chi connectivity index (χ3v) is 3.44. The van der Waals surface area contributed by atoms with Crippen molar-refractivity contribution in [1.82, 2.24) is 5.32 Å². The number of hydrogen-bond acceptors (Lipinski definition) is 1. The van der Waals surface area contributed by atoms with Crippen molar-refractivity contribution in [3.63, 3.8) is 0 Å². The third-order valence-electron chi connectivity index (χ3n) is 3.44. The van der Waals surface area contributed by atoms with Crippen molar-refractivity contribution in [1.29, 1.82) is 0 Å². The number of halogens is 2. The highest BCUT2D eigenvalue weighted by atomic mass is 19.1. The molecule has 2 rings (SSSR count). The summed E-state index contributed by atoms with van der Waals surface area (Å²) in [5, 5.41) is 3.32. The van der Waals surface area contributed by atoms with Gasteiger partial charge in [-0.2, -0.15) is 0 Å². The summed E-state index contributed by atoms with van der Waals surface area (Å²) in [6.45, 7) is 5.00. The van der Waals surface area contributed by atoms with Crippen LogP contribution in [0.25, 0.3) is 0 Å². The summed E-state index contributed by atoms with van der Waals surface area (Å²) in [5.74, 6) is -0.459. The Morgan fingerprint density at radius 1 is 1.29 bits per heavy atom. The van der Waals surface area contributed by atoms with Crippen LogP contribution in [-0.2, 0) is 5.54 Å². The van der Waals surface area contributed by atoms with E-state index in [9.17, 15) is 8.78 Å². The van der Waals surface area contributed by atoms with Gasteiger partial charge in [0, 0.05) is 11.1 Å². The Morgan fingerprint density at radius 2 is 1.94 bits per heavy atom. The fraction of sp³-hybridized carbons (Fsp3) is 0.571. The van der Waals surface area contributed by atoms with Gasteiger partial charge in [-0.05, 0) is 43.9 Å². The first-order valence-corrected chi connectivity index (χ1v) is 6.25. The van der Waals surface area contributed by atoms with Crippen LogP contribution in [0.2, 0.25) is 0 Å². The molecule has 1 unspecified atom stereocenters. The molecule has 1 fully saturated rings. The van der Waals surface area contributed by atoms with Gasteiger partial charge in [-0.25, -0.2) is 8.78 Å². The molecule has 1 nitrogen and oxygen atoms in total. The second-order valence-electron chi connectivity index (χ2n) is 5.31. The SMILES string of the molecule is CC(C)CC1(c2c(F)cccc2F)CCCN1. The Kier molecular flexibility index (Phi) is 3.48. The van der Waals surface area contributed by atoms with Gasteiger partial charge < -0.3 is 5.32 Å². The molecule has 3 heteroatoms. The molecule has 1 aliphatic rings. The number of hydrogen-bond donors (Lipinski definition) is 1. The molecule has 1 aliphatic heterocycles. The van der Waals surface area contributed by atoms with Crippen LogP contribution in [0.1, 0.15) is 38.7 Å². The molecule has 0 amide bonds. The summed E-state index contributed by atoms with van der Waals surface area (Å²) < 4.78 is 27.8. The molecule has 1 aromatic rings. The Bertz CT molecular complexity index is 375. The molecule has 0 aromatic heterocycles. The number of rotatable bonds is 3. The van der Waals surface area contributed by atoms with Crippen LogP contribution < -0.4 is 5.32 Å². The van der Waals surface area contributed by atoms with E-state index in [4.69, 9.17) is 0 Å². The van der Waals surface area contributed by atoms with E-state index in [1.165, 1.54) is 18.2 Å². The van der Waals surface area contributed by atoms with Crippen molar-refractivity contribution in [3.8, 4) is 0 Å². The Balaban J connectivity index is 2.45. The zero-order valence-corrected chi connectivity index (χ0v) is 10.4. The Morgan fingerprint density at radius 3 is 2.41 bits per heavy atom. The van der Waals surface area contributed by atoms with Crippen molar-refractivity contribution in [2.45, 2.75) is 38.6 Å². The summed E-state index contributed by atoms with van der Waals surface area (Å²) in [6.07, 6.45) is 2.55. The molecule has 94 valence electrons. The molecule has 1 N–H and O–H groups in total. The maximum Gasteiger partial charge on any atom is 0.131 e. The largest absolute Gasteiger partial charge is 0.307 e. The Labute approximate surface area is 101 Å². The van der Waals surface area contributed by atoms with Gasteiger partial charge in [0.25, 0.3) is 0 Å². The maximum atomic E-state index is 13.9. The monoisotopic (exact) mass is 239 g/mol. The van der Waals surface area contributed by atoms with E-state index in [1.54, 1.807) is 0 Å². The fourth-order valence-electron chi connectivity index (χ4n) is 2.95. The van der Waals surface area contributed by atoms with Gasteiger partial charge >= 0.3 is 0 Å². The van der Waals surface area contributed by atoms with Crippen LogP contribution in [-0.4, -0.2) is 6.54 Å². The Hall–Kier alpha value is -0.960. The highest BCUT2D eigenvalue weighted by Gasteiger charge is 2.39. The van der Waals surface area contributed by atoms with Crippen LogP contribution in [0.3, 0.4) is 0 Å². The normalized spacial score (nSPS) is 24.5. The van der Waals surface area contributed by atoms with Gasteiger partial charge in [0.1, 0.15) is 11.6 Å². The molecule has 0 saturated carbocycles. The van der Waals surface area contributed by atoms with E-state index in [1.807, 2.05) is 0 Å². The average molecular weight is 239 g/mol. The van der Waals surface area contributed by atoms with E-state index in [2.05, 4.69) is 19.2 Å². The van der Waals surface area contributed by atoms with Crippen LogP contribution in [0.5, 0.6) is 0 Å². The predicted molar refractivity (Wildman–Crippen MR) is 64.7 cm³/mol. The summed E-state index contributed by atoms with van der Waals surface area (Å²) in [5.41, 5.74) is -0.282. The lowest BCUT2D eigenvalue weighted by Gasteiger charge is -2.32. The van der Waals surface area contributed by atoms with Crippen molar-refractivity contribution >= 4 is 0 Å². The van der Waals surface area contributed by atoms with Gasteiger partial charge in [0.05, 0.1) is 0 Å². The molecular weight excluding hydrogens is 220 g/mol. The van der Waals surface area contributed by atoms with Gasteiger partial charge in [0.2, 0.25) is 0 Å². The quantitative estimate of drug-likeness (QED) is 0.850. The molecule has 0 bridgehead atoms. The van der Waals surface area contributed by atoms with Gasteiger partial charge in [-0.1, -0.05) is 19.9 Å². The van der Waals surface area contributed by atoms with Gasteiger partial charge in [-0.15, -0.1) is 0 Å². The highest BCUT2D eigenvalue weighted by Crippen LogP contribution is 2.39. The van der Waals surface area contributed by atoms with Crippen LogP contribution in [0, 0.1) is 17.6 Å². The molecule has 0 spiro atoms. The molecule has 0 radical (unpaired) electrons. The minimum atomic E-state index is -0.510. The molecule has 1 saturated heterocycles. The summed E-state index contributed by atoms with van der Waals surface area (Å²) in [7, 11) is 0. The maximum absolute atomic E-state index is 13.9. The standard InChI is InChI=1S/C14H19F2N/c1-10(2)9-14(7-4-8-17-14)13-11(15)5-3-6-12(13)16/h3,5-6,10,17H,4,7-9H2,1-2H3. The van der Waals surface area contributed by atoms with Crippen molar-refractivity contribution in [3.05, 3.63) is 35.4 Å². The minimum absolute atomic E-state index is 0.228. The number of benzene rings is 1. The molecule has 1 atom stereocenters. The van der Waals surface area contributed by atoms with Crippen LogP contribution in [0.15, 0.2) is 18.2 Å². The average Bonchev–Trinajstić information content (AvgIpc) is 2.65. The van der Waals surface area contributed by atoms with E-state index in [0.29, 0.717) is 5.92 Å². The molecule has 17 heavy (non-hydrogen) atoms. The first kappa shape index (κ1) is 12.5. The molecule has 0 aliphatic carbocycles. The van der Waals surface area contributed by atoms with Gasteiger partial charge in [0.15, 0.2) is 0 Å². The van der Waals surface area contributed by atoms with Crippen molar-refractivity contribution in [2.75, 3.05) is 6.54 Å². The molecule has 1 aromatic carbocycles. The zero-order chi connectivity index (χ0) is 12.5. The second kappa shape index (κ2) is 4.73. The second-order valence-corrected chi connectivity index (χ2v) is 5.31. The fourth-order valence-corrected chi connectivity index (χ4v) is 2.95. The van der Waals surface area contributed by atoms with E-state index >= 15 is 0 Å². The van der Waals surface area contributed by atoms with E-state index in [0.717, 1.165) is 25.8 Å². The third kappa shape index (κ3) is 2.34. The summed E-state index contributed by atoms with van der Waals surface area (Å²) in [4.78, 5) is 0. The minimum Gasteiger partial charge on any atom is -0.307 e. The predicted octanol–water partition coefficient (Wildman–Crippen LogP) is 3.59. The molecular formula is C14H19F2N. The molecule has 1 heterocycles. The van der Waals surface area contributed by atoms with Crippen molar-refractivity contribution < 1.29 is 8.78 Å². The first-order valence-electron chi connectivity index (χ1n) is 6.25. The van der Waals surface area contributed by atoms with Crippen LogP contribution >= 0.6 is 0 Å². The van der Waals surface area contributed by atoms with E-state index < -0.39 is 17.2 Å². The highest BCUT2D eigenvalue weighted by molar-refractivity contribution is 5.29. The smallest absolute Gasteiger partial charge is 0.131 e.